The zero-order valence-electron chi connectivity index (χ0n) is 40.6. The van der Waals surface area contributed by atoms with Crippen LogP contribution in [0.2, 0.25) is 0 Å². The van der Waals surface area contributed by atoms with E-state index in [0.29, 0.717) is 11.8 Å². The first-order valence-electron chi connectivity index (χ1n) is 24.9. The zero-order chi connectivity index (χ0) is 48.0. The van der Waals surface area contributed by atoms with Crippen molar-refractivity contribution in [2.45, 2.75) is 39.5 Å². The third-order valence-corrected chi connectivity index (χ3v) is 14.2. The van der Waals surface area contributed by atoms with Crippen molar-refractivity contribution in [2.75, 3.05) is 9.80 Å². The van der Waals surface area contributed by atoms with Crippen LogP contribution in [0.15, 0.2) is 247 Å². The van der Waals surface area contributed by atoms with Gasteiger partial charge < -0.3 is 14.2 Å². The van der Waals surface area contributed by atoms with Gasteiger partial charge in [-0.05, 0) is 152 Å². The molecule has 0 saturated carbocycles. The number of anilines is 6. The first-order valence-corrected chi connectivity index (χ1v) is 24.9. The summed E-state index contributed by atoms with van der Waals surface area (Å²) in [5.41, 5.74) is 18.1. The molecule has 0 aliphatic heterocycles. The minimum atomic E-state index is 0.441. The molecule has 0 saturated heterocycles. The fourth-order valence-corrected chi connectivity index (χ4v) is 10.3. The SMILES string of the molecule is CC(C)c1ccc(-c2ccccc2N(c2ccc(C(C)C)cc2)c2ccc3cc4c(cc3c2)oc2cc3cc(N(c5ccc(-c6ccccc6)cc5)c5ccccc5-c5ccccc5)ccc3cc24)cc1. The Morgan fingerprint density at radius 1 is 0.296 bits per heavy atom. The van der Waals surface area contributed by atoms with Crippen LogP contribution >= 0.6 is 0 Å². The quantitative estimate of drug-likeness (QED) is 0.129. The summed E-state index contributed by atoms with van der Waals surface area (Å²) >= 11 is 0. The predicted molar refractivity (Wildman–Crippen MR) is 303 cm³/mol. The van der Waals surface area contributed by atoms with Crippen LogP contribution in [0.1, 0.15) is 50.7 Å². The maximum Gasteiger partial charge on any atom is 0.136 e. The van der Waals surface area contributed by atoms with E-state index in [1.54, 1.807) is 0 Å². The van der Waals surface area contributed by atoms with Crippen molar-refractivity contribution in [1.29, 1.82) is 0 Å². The second kappa shape index (κ2) is 18.3. The Bertz CT molecular complexity index is 3850. The van der Waals surface area contributed by atoms with E-state index in [1.165, 1.54) is 38.9 Å². The van der Waals surface area contributed by atoms with Crippen LogP contribution in [0.25, 0.3) is 76.9 Å². The predicted octanol–water partition coefficient (Wildman–Crippen LogP) is 20.1. The first kappa shape index (κ1) is 43.6. The summed E-state index contributed by atoms with van der Waals surface area (Å²) in [6.45, 7) is 8.99. The molecule has 0 bridgehead atoms. The van der Waals surface area contributed by atoms with E-state index in [2.05, 4.69) is 280 Å². The van der Waals surface area contributed by atoms with Crippen molar-refractivity contribution >= 4 is 77.6 Å². The van der Waals surface area contributed by atoms with E-state index in [0.717, 1.165) is 83.2 Å². The average Bonchev–Trinajstić information content (AvgIpc) is 3.76. The van der Waals surface area contributed by atoms with Gasteiger partial charge >= 0.3 is 0 Å². The van der Waals surface area contributed by atoms with Crippen LogP contribution in [0, 0.1) is 0 Å². The molecule has 0 radical (unpaired) electrons. The van der Waals surface area contributed by atoms with Gasteiger partial charge in [0.25, 0.3) is 0 Å². The van der Waals surface area contributed by atoms with Gasteiger partial charge in [0.2, 0.25) is 0 Å². The second-order valence-electron chi connectivity index (χ2n) is 19.4. The molecule has 0 spiro atoms. The van der Waals surface area contributed by atoms with E-state index in [4.69, 9.17) is 4.42 Å². The second-order valence-corrected chi connectivity index (χ2v) is 19.4. The van der Waals surface area contributed by atoms with Gasteiger partial charge in [0.1, 0.15) is 11.2 Å². The number of rotatable bonds is 11. The molecule has 71 heavy (non-hydrogen) atoms. The van der Waals surface area contributed by atoms with Gasteiger partial charge in [-0.3, -0.25) is 0 Å². The van der Waals surface area contributed by atoms with Crippen LogP contribution in [0.5, 0.6) is 0 Å². The fourth-order valence-electron chi connectivity index (χ4n) is 10.3. The van der Waals surface area contributed by atoms with E-state index < -0.39 is 0 Å². The average molecular weight is 915 g/mol. The lowest BCUT2D eigenvalue weighted by Crippen LogP contribution is -2.11. The number of hydrogen-bond acceptors (Lipinski definition) is 3. The Morgan fingerprint density at radius 3 is 1.14 bits per heavy atom. The summed E-state index contributed by atoms with van der Waals surface area (Å²) in [5, 5.41) is 6.78. The topological polar surface area (TPSA) is 19.6 Å². The van der Waals surface area contributed by atoms with Gasteiger partial charge in [0.05, 0.1) is 11.4 Å². The van der Waals surface area contributed by atoms with Crippen LogP contribution in [-0.2, 0) is 0 Å². The Labute approximate surface area is 416 Å². The Balaban J connectivity index is 0.958. The van der Waals surface area contributed by atoms with Crippen molar-refractivity contribution in [1.82, 2.24) is 0 Å². The Morgan fingerprint density at radius 2 is 0.662 bits per heavy atom. The van der Waals surface area contributed by atoms with Crippen LogP contribution in [-0.4, -0.2) is 0 Å². The lowest BCUT2D eigenvalue weighted by Gasteiger charge is -2.28. The molecular weight excluding hydrogens is 861 g/mol. The number of furan rings is 1. The lowest BCUT2D eigenvalue weighted by atomic mass is 9.96. The number of nitrogens with zero attached hydrogens (tertiary/aromatic N) is 2. The molecule has 342 valence electrons. The third-order valence-electron chi connectivity index (χ3n) is 14.2. The van der Waals surface area contributed by atoms with Crippen molar-refractivity contribution < 1.29 is 4.42 Å². The van der Waals surface area contributed by atoms with Gasteiger partial charge in [0, 0.05) is 44.6 Å². The molecule has 11 aromatic carbocycles. The number of fused-ring (bicyclic) bond motifs is 5. The van der Waals surface area contributed by atoms with Gasteiger partial charge in [-0.1, -0.05) is 185 Å². The zero-order valence-corrected chi connectivity index (χ0v) is 40.6. The van der Waals surface area contributed by atoms with Crippen LogP contribution < -0.4 is 9.80 Å². The fraction of sp³-hybridized carbons (Fsp3) is 0.0882. The Kier molecular flexibility index (Phi) is 11.3. The molecule has 12 rings (SSSR count). The van der Waals surface area contributed by atoms with E-state index >= 15 is 0 Å². The van der Waals surface area contributed by atoms with Gasteiger partial charge in [0.15, 0.2) is 0 Å². The molecule has 1 heterocycles. The summed E-state index contributed by atoms with van der Waals surface area (Å²) in [6.07, 6.45) is 0. The number of para-hydroxylation sites is 2. The van der Waals surface area contributed by atoms with Crippen molar-refractivity contribution in [3.8, 4) is 33.4 Å². The summed E-state index contributed by atoms with van der Waals surface area (Å²) in [6, 6.07) is 88.4. The van der Waals surface area contributed by atoms with Crippen molar-refractivity contribution in [3.05, 3.63) is 254 Å². The molecular formula is C68H54N2O. The number of benzene rings is 11. The normalized spacial score (nSPS) is 11.6. The molecule has 0 aliphatic rings. The summed E-state index contributed by atoms with van der Waals surface area (Å²) in [5.74, 6) is 0.912. The maximum atomic E-state index is 6.85. The molecule has 1 aromatic heterocycles. The van der Waals surface area contributed by atoms with Crippen molar-refractivity contribution in [3.63, 3.8) is 0 Å². The highest BCUT2D eigenvalue weighted by Gasteiger charge is 2.21. The maximum absolute atomic E-state index is 6.85. The largest absolute Gasteiger partial charge is 0.456 e. The standard InChI is InChI=1S/C68H54N2O/c1-45(2)47-23-25-52(26-24-47)62-20-12-14-22-66(62)69(57-33-27-48(28-34-57)46(3)4)59-37-31-53-41-63-64-42-54-32-38-60(40-56(54)44-68(64)71-67(63)43-55(53)39-59)70(58-35-29-50(30-36-58)49-15-7-5-8-16-49)65-21-13-11-19-61(65)51-17-9-6-10-18-51/h5-46H,1-4H3. The lowest BCUT2D eigenvalue weighted by molar-refractivity contribution is 0.670. The van der Waals surface area contributed by atoms with Gasteiger partial charge in [-0.15, -0.1) is 0 Å². The highest BCUT2D eigenvalue weighted by Crippen LogP contribution is 2.45. The Hall–Kier alpha value is -8.66. The molecule has 0 N–H and O–H groups in total. The molecule has 0 unspecified atom stereocenters. The molecule has 0 aliphatic carbocycles. The van der Waals surface area contributed by atoms with E-state index in [-0.39, 0.29) is 0 Å². The van der Waals surface area contributed by atoms with Gasteiger partial charge in [-0.2, -0.15) is 0 Å². The monoisotopic (exact) mass is 914 g/mol. The summed E-state index contributed by atoms with van der Waals surface area (Å²) in [7, 11) is 0. The third kappa shape index (κ3) is 8.30. The molecule has 12 aromatic rings. The summed E-state index contributed by atoms with van der Waals surface area (Å²) < 4.78 is 6.85. The molecule has 3 nitrogen and oxygen atoms in total. The molecule has 3 heteroatoms. The van der Waals surface area contributed by atoms with Gasteiger partial charge in [-0.25, -0.2) is 0 Å². The van der Waals surface area contributed by atoms with Crippen LogP contribution in [0.4, 0.5) is 34.1 Å². The molecule has 0 atom stereocenters. The van der Waals surface area contributed by atoms with Crippen molar-refractivity contribution in [2.24, 2.45) is 0 Å². The van der Waals surface area contributed by atoms with E-state index in [9.17, 15) is 0 Å². The molecule has 0 amide bonds. The molecule has 0 fully saturated rings. The highest BCUT2D eigenvalue weighted by molar-refractivity contribution is 6.14. The summed E-state index contributed by atoms with van der Waals surface area (Å²) in [4.78, 5) is 4.79. The smallest absolute Gasteiger partial charge is 0.136 e. The number of hydrogen-bond donors (Lipinski definition) is 0. The minimum absolute atomic E-state index is 0.441. The minimum Gasteiger partial charge on any atom is -0.456 e. The first-order chi connectivity index (χ1) is 34.8. The highest BCUT2D eigenvalue weighted by atomic mass is 16.3. The van der Waals surface area contributed by atoms with E-state index in [1.807, 2.05) is 0 Å². The van der Waals surface area contributed by atoms with Crippen LogP contribution in [0.3, 0.4) is 0 Å².